The number of aromatic nitrogens is 4. The van der Waals surface area contributed by atoms with E-state index >= 15 is 0 Å². The molecule has 3 heterocycles. The van der Waals surface area contributed by atoms with Crippen molar-refractivity contribution in [2.45, 2.75) is 45.6 Å². The average Bonchev–Trinajstić information content (AvgIpc) is 3.42. The van der Waals surface area contributed by atoms with Crippen molar-refractivity contribution in [2.24, 2.45) is 0 Å². The molecular weight excluding hydrogens is 430 g/mol. The van der Waals surface area contributed by atoms with Crippen LogP contribution in [0.4, 0.5) is 5.13 Å². The number of amides is 1. The zero-order valence-corrected chi connectivity index (χ0v) is 18.7. The van der Waals surface area contributed by atoms with Gasteiger partial charge in [-0.2, -0.15) is 0 Å². The Morgan fingerprint density at radius 3 is 2.84 bits per heavy atom. The van der Waals surface area contributed by atoms with Gasteiger partial charge < -0.3 is 0 Å². The van der Waals surface area contributed by atoms with Crippen molar-refractivity contribution < 1.29 is 4.79 Å². The van der Waals surface area contributed by atoms with Crippen molar-refractivity contribution in [3.05, 3.63) is 56.4 Å². The summed E-state index contributed by atoms with van der Waals surface area (Å²) in [5.74, 6) is -0.326. The van der Waals surface area contributed by atoms with Gasteiger partial charge in [-0.05, 0) is 48.8 Å². The molecule has 5 rings (SSSR count). The van der Waals surface area contributed by atoms with Crippen molar-refractivity contribution in [3.8, 4) is 11.1 Å². The number of anilines is 1. The maximum absolute atomic E-state index is 13.2. The van der Waals surface area contributed by atoms with Crippen LogP contribution in [0.2, 0.25) is 0 Å². The summed E-state index contributed by atoms with van der Waals surface area (Å²) in [5.41, 5.74) is 4.49. The molecule has 1 N–H and O–H groups in total. The molecule has 1 aliphatic carbocycles. The number of aryl methyl sites for hydroxylation is 3. The Kier molecular flexibility index (Phi) is 5.37. The summed E-state index contributed by atoms with van der Waals surface area (Å²) < 4.78 is 1.36. The van der Waals surface area contributed by atoms with E-state index in [0.717, 1.165) is 35.4 Å². The molecular formula is C22H21N5O2S2. The molecule has 7 nitrogen and oxygen atoms in total. The summed E-state index contributed by atoms with van der Waals surface area (Å²) in [7, 11) is 0. The number of hydrogen-bond acceptors (Lipinski definition) is 7. The van der Waals surface area contributed by atoms with Gasteiger partial charge in [-0.25, -0.2) is 4.98 Å². The summed E-state index contributed by atoms with van der Waals surface area (Å²) >= 11 is 2.79. The minimum absolute atomic E-state index is 0.123. The molecule has 31 heavy (non-hydrogen) atoms. The van der Waals surface area contributed by atoms with Crippen LogP contribution in [0, 0.1) is 0 Å². The summed E-state index contributed by atoms with van der Waals surface area (Å²) in [4.78, 5) is 30.8. The second-order valence-corrected chi connectivity index (χ2v) is 9.52. The number of carbonyl (C=O) groups excluding carboxylic acids is 1. The van der Waals surface area contributed by atoms with E-state index in [4.69, 9.17) is 0 Å². The first kappa shape index (κ1) is 20.0. The minimum atomic E-state index is -0.326. The van der Waals surface area contributed by atoms with Gasteiger partial charge in [-0.15, -0.1) is 21.5 Å². The van der Waals surface area contributed by atoms with E-state index in [9.17, 15) is 9.59 Å². The lowest BCUT2D eigenvalue weighted by Crippen LogP contribution is -2.27. The highest BCUT2D eigenvalue weighted by atomic mass is 32.1. The van der Waals surface area contributed by atoms with Crippen LogP contribution in [0.3, 0.4) is 0 Å². The number of nitrogens with one attached hydrogen (secondary N) is 1. The molecule has 0 radical (unpaired) electrons. The highest BCUT2D eigenvalue weighted by molar-refractivity contribution is 7.17. The van der Waals surface area contributed by atoms with Crippen molar-refractivity contribution in [1.29, 1.82) is 0 Å². The molecule has 0 unspecified atom stereocenters. The Bertz CT molecular complexity index is 1340. The van der Waals surface area contributed by atoms with Crippen molar-refractivity contribution in [2.75, 3.05) is 5.32 Å². The molecule has 1 aliphatic rings. The molecule has 3 aromatic heterocycles. The molecule has 0 spiro atoms. The maximum Gasteiger partial charge on any atom is 0.263 e. The van der Waals surface area contributed by atoms with Gasteiger partial charge in [0.15, 0.2) is 0 Å². The van der Waals surface area contributed by atoms with Gasteiger partial charge >= 0.3 is 0 Å². The zero-order valence-electron chi connectivity index (χ0n) is 17.1. The van der Waals surface area contributed by atoms with Crippen LogP contribution < -0.4 is 10.9 Å². The normalized spacial score (nSPS) is 13.3. The zero-order chi connectivity index (χ0) is 21.4. The Labute approximate surface area is 186 Å². The lowest BCUT2D eigenvalue weighted by molar-refractivity contribution is -0.116. The Hall–Kier alpha value is -2.91. The van der Waals surface area contributed by atoms with E-state index in [0.29, 0.717) is 15.3 Å². The molecule has 0 atom stereocenters. The molecule has 0 saturated carbocycles. The third-order valence-electron chi connectivity index (χ3n) is 5.55. The number of benzene rings is 1. The molecule has 9 heteroatoms. The summed E-state index contributed by atoms with van der Waals surface area (Å²) in [5, 5.41) is 14.5. The van der Waals surface area contributed by atoms with E-state index in [1.165, 1.54) is 57.5 Å². The molecule has 1 amide bonds. The number of rotatable bonds is 5. The van der Waals surface area contributed by atoms with E-state index in [1.54, 1.807) is 0 Å². The summed E-state index contributed by atoms with van der Waals surface area (Å²) in [6.45, 7) is 1.86. The summed E-state index contributed by atoms with van der Waals surface area (Å²) in [6.07, 6.45) is 6.85. The molecule has 4 aromatic rings. The molecule has 158 valence electrons. The van der Waals surface area contributed by atoms with Crippen LogP contribution >= 0.6 is 22.7 Å². The summed E-state index contributed by atoms with van der Waals surface area (Å²) in [6, 6.07) is 6.48. The fourth-order valence-corrected chi connectivity index (χ4v) is 5.56. The van der Waals surface area contributed by atoms with Crippen LogP contribution in [-0.2, 0) is 30.6 Å². The second-order valence-electron chi connectivity index (χ2n) is 7.60. The largest absolute Gasteiger partial charge is 0.299 e. The number of thiophene rings is 1. The number of fused-ring (bicyclic) bond motifs is 2. The first-order valence-electron chi connectivity index (χ1n) is 10.3. The highest BCUT2D eigenvalue weighted by Gasteiger charge is 2.17. The van der Waals surface area contributed by atoms with E-state index in [1.807, 2.05) is 12.3 Å². The monoisotopic (exact) mass is 451 g/mol. The van der Waals surface area contributed by atoms with Crippen LogP contribution in [0.5, 0.6) is 0 Å². The molecule has 0 saturated heterocycles. The highest BCUT2D eigenvalue weighted by Crippen LogP contribution is 2.33. The van der Waals surface area contributed by atoms with Gasteiger partial charge in [-0.3, -0.25) is 19.5 Å². The third-order valence-corrected chi connectivity index (χ3v) is 7.42. The van der Waals surface area contributed by atoms with Crippen molar-refractivity contribution in [1.82, 2.24) is 19.7 Å². The molecule has 0 aliphatic heterocycles. The standard InChI is InChI=1S/C22H21N5O2S2/c1-2-18-25-26-22(31-18)24-17(28)10-27-12-23-20-19(21(27)29)16(11-30-20)15-8-7-13-5-3-4-6-14(13)9-15/h7-9,11-12H,2-6,10H2,1H3,(H,24,26,28). The molecule has 0 bridgehead atoms. The lowest BCUT2D eigenvalue weighted by atomic mass is 9.89. The van der Waals surface area contributed by atoms with Crippen LogP contribution in [0.25, 0.3) is 21.3 Å². The second kappa shape index (κ2) is 8.32. The Morgan fingerprint density at radius 2 is 2.03 bits per heavy atom. The van der Waals surface area contributed by atoms with Gasteiger partial charge in [-0.1, -0.05) is 36.5 Å². The lowest BCUT2D eigenvalue weighted by Gasteiger charge is -2.16. The van der Waals surface area contributed by atoms with Crippen molar-refractivity contribution in [3.63, 3.8) is 0 Å². The minimum Gasteiger partial charge on any atom is -0.299 e. The number of carbonyl (C=O) groups is 1. The number of nitrogens with zero attached hydrogens (tertiary/aromatic N) is 4. The maximum atomic E-state index is 13.2. The van der Waals surface area contributed by atoms with E-state index in [2.05, 4.69) is 38.7 Å². The fourth-order valence-electron chi connectivity index (χ4n) is 3.95. The third kappa shape index (κ3) is 3.90. The van der Waals surface area contributed by atoms with Gasteiger partial charge in [0.2, 0.25) is 11.0 Å². The van der Waals surface area contributed by atoms with E-state index in [-0.39, 0.29) is 18.0 Å². The first-order chi connectivity index (χ1) is 15.1. The predicted molar refractivity (Wildman–Crippen MR) is 124 cm³/mol. The van der Waals surface area contributed by atoms with E-state index < -0.39 is 0 Å². The van der Waals surface area contributed by atoms with Gasteiger partial charge in [0.05, 0.1) is 11.7 Å². The van der Waals surface area contributed by atoms with Crippen LogP contribution in [-0.4, -0.2) is 25.7 Å². The van der Waals surface area contributed by atoms with Crippen LogP contribution in [0.15, 0.2) is 34.7 Å². The SMILES string of the molecule is CCc1nnc(NC(=O)Cn2cnc3scc(-c4ccc5c(c4)CCCC5)c3c2=O)s1. The number of hydrogen-bond donors (Lipinski definition) is 1. The molecule has 1 aromatic carbocycles. The van der Waals surface area contributed by atoms with Crippen molar-refractivity contribution >= 4 is 43.9 Å². The Morgan fingerprint density at radius 1 is 1.19 bits per heavy atom. The molecule has 0 fully saturated rings. The van der Waals surface area contributed by atoms with Gasteiger partial charge in [0.1, 0.15) is 16.4 Å². The van der Waals surface area contributed by atoms with Crippen LogP contribution in [0.1, 0.15) is 35.9 Å². The topological polar surface area (TPSA) is 89.8 Å². The van der Waals surface area contributed by atoms with Gasteiger partial charge in [0.25, 0.3) is 5.56 Å². The van der Waals surface area contributed by atoms with Gasteiger partial charge in [0, 0.05) is 10.9 Å². The quantitative estimate of drug-likeness (QED) is 0.494. The average molecular weight is 452 g/mol. The smallest absolute Gasteiger partial charge is 0.263 e. The Balaban J connectivity index is 1.45. The first-order valence-corrected chi connectivity index (χ1v) is 12.0. The predicted octanol–water partition coefficient (Wildman–Crippen LogP) is 4.06. The fraction of sp³-hybridized carbons (Fsp3) is 0.318.